The highest BCUT2D eigenvalue weighted by Gasteiger charge is 2.31. The largest absolute Gasteiger partial charge is 0.497 e. The predicted octanol–water partition coefficient (Wildman–Crippen LogP) is 2.03. The molecule has 0 bridgehead atoms. The lowest BCUT2D eigenvalue weighted by Crippen LogP contribution is -2.33. The Bertz CT molecular complexity index is 662. The molecule has 5 nitrogen and oxygen atoms in total. The van der Waals surface area contributed by atoms with Crippen LogP contribution in [-0.2, 0) is 4.79 Å². The van der Waals surface area contributed by atoms with Crippen LogP contribution in [0.2, 0.25) is 0 Å². The zero-order valence-electron chi connectivity index (χ0n) is 10.9. The molecule has 0 radical (unpaired) electrons. The maximum atomic E-state index is 11.0. The van der Waals surface area contributed by atoms with Gasteiger partial charge in [-0.15, -0.1) is 11.8 Å². The fourth-order valence-corrected chi connectivity index (χ4v) is 3.36. The quantitative estimate of drug-likeness (QED) is 0.901. The van der Waals surface area contributed by atoms with E-state index in [2.05, 4.69) is 10.3 Å². The molecule has 1 aromatic carbocycles. The molecule has 2 N–H and O–H groups in total. The van der Waals surface area contributed by atoms with Gasteiger partial charge in [0.1, 0.15) is 11.8 Å². The molecule has 0 unspecified atom stereocenters. The molecule has 104 valence electrons. The summed E-state index contributed by atoms with van der Waals surface area (Å²) >= 11 is 1.57. The number of carboxylic acid groups (broad SMARTS) is 1. The van der Waals surface area contributed by atoms with E-state index in [9.17, 15) is 4.79 Å². The number of aliphatic carboxylic acids is 1. The maximum absolute atomic E-state index is 11.0. The standard InChI is InChI=1S/C14H14N2O3S/c1-19-9-3-5-10-8(6-9)2-4-11(15-10)13-16-12(7-20-13)14(17)18/h2-6,12-13,16H,7H2,1H3,(H,17,18)/t12-,13+/m1/s1. The maximum Gasteiger partial charge on any atom is 0.321 e. The number of benzene rings is 1. The van der Waals surface area contributed by atoms with Gasteiger partial charge in [-0.25, -0.2) is 0 Å². The van der Waals surface area contributed by atoms with Gasteiger partial charge in [0.15, 0.2) is 0 Å². The lowest BCUT2D eigenvalue weighted by Gasteiger charge is -2.11. The molecule has 2 heterocycles. The molecule has 20 heavy (non-hydrogen) atoms. The molecule has 1 saturated heterocycles. The molecule has 1 aliphatic heterocycles. The second-order valence-electron chi connectivity index (χ2n) is 4.57. The first-order valence-electron chi connectivity index (χ1n) is 6.22. The summed E-state index contributed by atoms with van der Waals surface area (Å²) in [4.78, 5) is 15.5. The number of ether oxygens (including phenoxy) is 1. The first-order valence-corrected chi connectivity index (χ1v) is 7.27. The van der Waals surface area contributed by atoms with E-state index in [1.54, 1.807) is 18.9 Å². The van der Waals surface area contributed by atoms with Gasteiger partial charge in [-0.05, 0) is 24.3 Å². The van der Waals surface area contributed by atoms with E-state index in [-0.39, 0.29) is 5.37 Å². The summed E-state index contributed by atoms with van der Waals surface area (Å²) in [6.07, 6.45) is 0. The molecular formula is C14H14N2O3S. The van der Waals surface area contributed by atoms with E-state index in [1.807, 2.05) is 30.3 Å². The van der Waals surface area contributed by atoms with Gasteiger partial charge in [0.25, 0.3) is 0 Å². The number of fused-ring (bicyclic) bond motifs is 1. The summed E-state index contributed by atoms with van der Waals surface area (Å²) in [7, 11) is 1.63. The average molecular weight is 290 g/mol. The Balaban J connectivity index is 1.88. The number of carbonyl (C=O) groups is 1. The van der Waals surface area contributed by atoms with Gasteiger partial charge in [-0.1, -0.05) is 6.07 Å². The van der Waals surface area contributed by atoms with Crippen LogP contribution in [0.1, 0.15) is 11.1 Å². The van der Waals surface area contributed by atoms with E-state index in [0.29, 0.717) is 5.75 Å². The Morgan fingerprint density at radius 1 is 1.45 bits per heavy atom. The van der Waals surface area contributed by atoms with Gasteiger partial charge < -0.3 is 9.84 Å². The van der Waals surface area contributed by atoms with Crippen LogP contribution in [-0.4, -0.2) is 35.0 Å². The molecule has 0 spiro atoms. The number of nitrogens with zero attached hydrogens (tertiary/aromatic N) is 1. The van der Waals surface area contributed by atoms with Crippen molar-refractivity contribution in [1.29, 1.82) is 0 Å². The molecule has 1 aromatic heterocycles. The number of pyridine rings is 1. The zero-order valence-corrected chi connectivity index (χ0v) is 11.7. The summed E-state index contributed by atoms with van der Waals surface area (Å²) in [6, 6.07) is 9.12. The van der Waals surface area contributed by atoms with Gasteiger partial charge in [0.2, 0.25) is 0 Å². The van der Waals surface area contributed by atoms with Gasteiger partial charge in [-0.2, -0.15) is 0 Å². The monoisotopic (exact) mass is 290 g/mol. The van der Waals surface area contributed by atoms with Crippen molar-refractivity contribution in [2.75, 3.05) is 12.9 Å². The third-order valence-corrected chi connectivity index (χ3v) is 4.50. The summed E-state index contributed by atoms with van der Waals surface area (Å²) in [5, 5.41) is 13.0. The van der Waals surface area contributed by atoms with Crippen molar-refractivity contribution in [3.8, 4) is 5.75 Å². The van der Waals surface area contributed by atoms with E-state index in [1.165, 1.54) is 0 Å². The first-order chi connectivity index (χ1) is 9.67. The molecule has 1 aliphatic rings. The smallest absolute Gasteiger partial charge is 0.321 e. The van der Waals surface area contributed by atoms with E-state index in [0.717, 1.165) is 22.3 Å². The van der Waals surface area contributed by atoms with Crippen LogP contribution in [0.4, 0.5) is 0 Å². The zero-order chi connectivity index (χ0) is 14.1. The predicted molar refractivity (Wildman–Crippen MR) is 78.1 cm³/mol. The van der Waals surface area contributed by atoms with Gasteiger partial charge in [-0.3, -0.25) is 15.1 Å². The Labute approximate surface area is 120 Å². The highest BCUT2D eigenvalue weighted by molar-refractivity contribution is 7.99. The van der Waals surface area contributed by atoms with Crippen LogP contribution in [0.15, 0.2) is 30.3 Å². The molecule has 2 aromatic rings. The second-order valence-corrected chi connectivity index (χ2v) is 5.70. The molecular weight excluding hydrogens is 276 g/mol. The van der Waals surface area contributed by atoms with E-state index < -0.39 is 12.0 Å². The number of hydrogen-bond acceptors (Lipinski definition) is 5. The van der Waals surface area contributed by atoms with Crippen molar-refractivity contribution in [2.45, 2.75) is 11.4 Å². The first kappa shape index (κ1) is 13.2. The number of thioether (sulfide) groups is 1. The Morgan fingerprint density at radius 3 is 3.00 bits per heavy atom. The highest BCUT2D eigenvalue weighted by Crippen LogP contribution is 2.32. The SMILES string of the molecule is COc1ccc2nc([C@H]3N[C@@H](C(=O)O)CS3)ccc2c1. The lowest BCUT2D eigenvalue weighted by atomic mass is 10.2. The van der Waals surface area contributed by atoms with Crippen LogP contribution in [0.3, 0.4) is 0 Å². The molecule has 3 rings (SSSR count). The number of carboxylic acids is 1. The summed E-state index contributed by atoms with van der Waals surface area (Å²) in [6.45, 7) is 0. The van der Waals surface area contributed by atoms with Crippen LogP contribution in [0, 0.1) is 0 Å². The molecule has 0 saturated carbocycles. The molecule has 6 heteroatoms. The van der Waals surface area contributed by atoms with Crippen molar-refractivity contribution >= 4 is 28.6 Å². The number of hydrogen-bond donors (Lipinski definition) is 2. The summed E-state index contributed by atoms with van der Waals surface area (Å²) in [5.41, 5.74) is 1.74. The minimum absolute atomic E-state index is 0.0670. The molecule has 1 fully saturated rings. The fourth-order valence-electron chi connectivity index (χ4n) is 2.18. The normalized spacial score (nSPS) is 22.1. The van der Waals surface area contributed by atoms with E-state index >= 15 is 0 Å². The van der Waals surface area contributed by atoms with Crippen molar-refractivity contribution in [1.82, 2.24) is 10.3 Å². The van der Waals surface area contributed by atoms with Crippen LogP contribution >= 0.6 is 11.8 Å². The third-order valence-electron chi connectivity index (χ3n) is 3.27. The van der Waals surface area contributed by atoms with Crippen LogP contribution in [0.5, 0.6) is 5.75 Å². The second kappa shape index (κ2) is 5.30. The molecule has 0 aliphatic carbocycles. The number of methoxy groups -OCH3 is 1. The fraction of sp³-hybridized carbons (Fsp3) is 0.286. The highest BCUT2D eigenvalue weighted by atomic mass is 32.2. The minimum atomic E-state index is -0.814. The van der Waals surface area contributed by atoms with Crippen molar-refractivity contribution in [3.05, 3.63) is 36.0 Å². The summed E-state index contributed by atoms with van der Waals surface area (Å²) < 4.78 is 5.18. The molecule has 2 atom stereocenters. The third kappa shape index (κ3) is 2.44. The average Bonchev–Trinajstić information content (AvgIpc) is 2.96. The molecule has 0 amide bonds. The number of aromatic nitrogens is 1. The van der Waals surface area contributed by atoms with E-state index in [4.69, 9.17) is 9.84 Å². The van der Waals surface area contributed by atoms with Crippen LogP contribution < -0.4 is 10.1 Å². The van der Waals surface area contributed by atoms with Crippen LogP contribution in [0.25, 0.3) is 10.9 Å². The topological polar surface area (TPSA) is 71.5 Å². The lowest BCUT2D eigenvalue weighted by molar-refractivity contribution is -0.138. The van der Waals surface area contributed by atoms with Gasteiger partial charge in [0, 0.05) is 11.1 Å². The summed E-state index contributed by atoms with van der Waals surface area (Å²) in [5.74, 6) is 0.541. The van der Waals surface area contributed by atoms with Crippen molar-refractivity contribution in [2.24, 2.45) is 0 Å². The Morgan fingerprint density at radius 2 is 2.30 bits per heavy atom. The van der Waals surface area contributed by atoms with Crippen molar-refractivity contribution in [3.63, 3.8) is 0 Å². The Kier molecular flexibility index (Phi) is 3.50. The number of nitrogens with one attached hydrogen (secondary N) is 1. The minimum Gasteiger partial charge on any atom is -0.497 e. The van der Waals surface area contributed by atoms with Gasteiger partial charge >= 0.3 is 5.97 Å². The van der Waals surface area contributed by atoms with Crippen molar-refractivity contribution < 1.29 is 14.6 Å². The number of rotatable bonds is 3. The Hall–Kier alpha value is -1.79. The van der Waals surface area contributed by atoms with Gasteiger partial charge in [0.05, 0.1) is 23.7 Å².